The zero-order valence-electron chi connectivity index (χ0n) is 13.9. The monoisotopic (exact) mass is 350 g/mol. The van der Waals surface area contributed by atoms with E-state index in [1.54, 1.807) is 13.4 Å². The Kier molecular flexibility index (Phi) is 5.60. The third kappa shape index (κ3) is 3.66. The second-order valence-corrected chi connectivity index (χ2v) is 6.76. The average Bonchev–Trinajstić information content (AvgIpc) is 2.94. The van der Waals surface area contributed by atoms with Crippen molar-refractivity contribution in [3.05, 3.63) is 16.8 Å². The summed E-state index contributed by atoms with van der Waals surface area (Å²) in [6, 6.07) is 0.390. The van der Waals surface area contributed by atoms with Crippen molar-refractivity contribution in [3.8, 4) is 0 Å². The number of aryl methyl sites for hydroxylation is 1. The molecule has 1 fully saturated rings. The predicted molar refractivity (Wildman–Crippen MR) is 93.8 cm³/mol. The first-order valence-corrected chi connectivity index (χ1v) is 8.89. The van der Waals surface area contributed by atoms with Crippen molar-refractivity contribution in [2.24, 2.45) is 0 Å². The third-order valence-electron chi connectivity index (χ3n) is 4.11. The minimum absolute atomic E-state index is 0.245. The van der Waals surface area contributed by atoms with Gasteiger partial charge in [0.1, 0.15) is 28.5 Å². The molecule has 130 valence electrons. The van der Waals surface area contributed by atoms with Gasteiger partial charge in [-0.3, -0.25) is 0 Å². The summed E-state index contributed by atoms with van der Waals surface area (Å²) >= 11 is 1.35. The lowest BCUT2D eigenvalue weighted by molar-refractivity contribution is 0.0393. The minimum atomic E-state index is -0.333. The predicted octanol–water partition coefficient (Wildman–Crippen LogP) is 1.97. The molecule has 3 rings (SSSR count). The second-order valence-electron chi connectivity index (χ2n) is 5.76. The smallest absolute Gasteiger partial charge is 0.348 e. The number of rotatable bonds is 6. The number of esters is 1. The topological polar surface area (TPSA) is 85.4 Å². The van der Waals surface area contributed by atoms with E-state index < -0.39 is 0 Å². The van der Waals surface area contributed by atoms with Gasteiger partial charge < -0.3 is 20.1 Å². The highest BCUT2D eigenvalue weighted by molar-refractivity contribution is 7.20. The number of nitrogens with one attached hydrogen (secondary N) is 2. The molecule has 0 unspecified atom stereocenters. The second kappa shape index (κ2) is 7.87. The van der Waals surface area contributed by atoms with Gasteiger partial charge in [0.15, 0.2) is 0 Å². The zero-order chi connectivity index (χ0) is 16.9. The molecule has 8 heteroatoms. The van der Waals surface area contributed by atoms with Gasteiger partial charge in [-0.2, -0.15) is 0 Å². The Balaban J connectivity index is 1.84. The summed E-state index contributed by atoms with van der Waals surface area (Å²) in [6.07, 6.45) is 3.66. The largest absolute Gasteiger partial charge is 0.459 e. The van der Waals surface area contributed by atoms with E-state index in [4.69, 9.17) is 9.47 Å². The lowest BCUT2D eigenvalue weighted by atomic mass is 10.1. The number of fused-ring (bicyclic) bond motifs is 1. The van der Waals surface area contributed by atoms with Crippen LogP contribution in [0.5, 0.6) is 0 Å². The number of anilines is 1. The number of hydrogen-bond donors (Lipinski definition) is 2. The fourth-order valence-electron chi connectivity index (χ4n) is 2.82. The number of piperidine rings is 1. The van der Waals surface area contributed by atoms with Crippen molar-refractivity contribution in [1.29, 1.82) is 0 Å². The van der Waals surface area contributed by atoms with Gasteiger partial charge in [0, 0.05) is 13.2 Å². The summed E-state index contributed by atoms with van der Waals surface area (Å²) in [5.41, 5.74) is 0.870. The molecule has 1 aliphatic rings. The lowest BCUT2D eigenvalue weighted by Gasteiger charge is -2.24. The molecule has 0 radical (unpaired) electrons. The summed E-state index contributed by atoms with van der Waals surface area (Å²) in [5, 5.41) is 7.78. The molecular weight excluding hydrogens is 328 g/mol. The number of aromatic nitrogens is 2. The van der Waals surface area contributed by atoms with E-state index in [0.29, 0.717) is 17.5 Å². The average molecular weight is 350 g/mol. The molecule has 2 aromatic heterocycles. The standard InChI is InChI=1S/C16H22N4O3S/c1-10-12-14(20-11-3-5-17-6-4-11)18-9-19-15(12)24-13(10)16(21)23-8-7-22-2/h9,11,17H,3-8H2,1-2H3,(H,18,19,20). The number of hydrogen-bond acceptors (Lipinski definition) is 8. The number of methoxy groups -OCH3 is 1. The van der Waals surface area contributed by atoms with Crippen LogP contribution >= 0.6 is 11.3 Å². The zero-order valence-corrected chi connectivity index (χ0v) is 14.7. The molecular formula is C16H22N4O3S. The molecule has 0 aromatic carbocycles. The number of carbonyl (C=O) groups excluding carboxylic acids is 1. The van der Waals surface area contributed by atoms with Crippen molar-refractivity contribution in [2.45, 2.75) is 25.8 Å². The van der Waals surface area contributed by atoms with Crippen molar-refractivity contribution >= 4 is 33.3 Å². The van der Waals surface area contributed by atoms with Crippen molar-refractivity contribution in [3.63, 3.8) is 0 Å². The van der Waals surface area contributed by atoms with Crippen LogP contribution in [0.4, 0.5) is 5.82 Å². The number of thiophene rings is 1. The minimum Gasteiger partial charge on any atom is -0.459 e. The first-order valence-electron chi connectivity index (χ1n) is 8.08. The molecule has 0 bridgehead atoms. The molecule has 2 N–H and O–H groups in total. The summed E-state index contributed by atoms with van der Waals surface area (Å²) in [7, 11) is 1.58. The maximum Gasteiger partial charge on any atom is 0.348 e. The van der Waals surface area contributed by atoms with Gasteiger partial charge in [-0.05, 0) is 38.4 Å². The van der Waals surface area contributed by atoms with Crippen LogP contribution in [0.25, 0.3) is 10.2 Å². The van der Waals surface area contributed by atoms with E-state index in [0.717, 1.165) is 47.5 Å². The Hall–Kier alpha value is -1.77. The van der Waals surface area contributed by atoms with Crippen molar-refractivity contribution in [2.75, 3.05) is 38.7 Å². The molecule has 0 atom stereocenters. The molecule has 2 aromatic rings. The maximum absolute atomic E-state index is 12.3. The Morgan fingerprint density at radius 2 is 2.17 bits per heavy atom. The highest BCUT2D eigenvalue weighted by Crippen LogP contribution is 2.34. The fraction of sp³-hybridized carbons (Fsp3) is 0.562. The Morgan fingerprint density at radius 1 is 1.38 bits per heavy atom. The Labute approximate surface area is 144 Å². The first kappa shape index (κ1) is 17.1. The van der Waals surface area contributed by atoms with Crippen LogP contribution in [0.2, 0.25) is 0 Å². The number of carbonyl (C=O) groups is 1. The number of ether oxygens (including phenoxy) is 2. The van der Waals surface area contributed by atoms with Crippen LogP contribution in [0.1, 0.15) is 28.1 Å². The van der Waals surface area contributed by atoms with Gasteiger partial charge in [-0.1, -0.05) is 0 Å². The molecule has 3 heterocycles. The van der Waals surface area contributed by atoms with Crippen LogP contribution in [-0.2, 0) is 9.47 Å². The molecule has 1 aliphatic heterocycles. The fourth-order valence-corrected chi connectivity index (χ4v) is 3.86. The lowest BCUT2D eigenvalue weighted by Crippen LogP contribution is -2.35. The van der Waals surface area contributed by atoms with Gasteiger partial charge in [-0.15, -0.1) is 11.3 Å². The molecule has 0 saturated carbocycles. The summed E-state index contributed by atoms with van der Waals surface area (Å²) in [4.78, 5) is 22.4. The van der Waals surface area contributed by atoms with Crippen LogP contribution in [-0.4, -0.2) is 55.4 Å². The highest BCUT2D eigenvalue weighted by Gasteiger charge is 2.22. The van der Waals surface area contributed by atoms with Crippen LogP contribution < -0.4 is 10.6 Å². The van der Waals surface area contributed by atoms with E-state index in [1.165, 1.54) is 11.3 Å². The van der Waals surface area contributed by atoms with E-state index in [-0.39, 0.29) is 12.6 Å². The summed E-state index contributed by atoms with van der Waals surface area (Å²) < 4.78 is 10.1. The van der Waals surface area contributed by atoms with Crippen LogP contribution in [0.3, 0.4) is 0 Å². The molecule has 0 aliphatic carbocycles. The quantitative estimate of drug-likeness (QED) is 0.608. The van der Waals surface area contributed by atoms with E-state index in [1.807, 2.05) is 6.92 Å². The van der Waals surface area contributed by atoms with Gasteiger partial charge in [0.2, 0.25) is 0 Å². The van der Waals surface area contributed by atoms with Gasteiger partial charge >= 0.3 is 5.97 Å². The molecule has 0 amide bonds. The van der Waals surface area contributed by atoms with Crippen LogP contribution in [0, 0.1) is 6.92 Å². The van der Waals surface area contributed by atoms with Crippen molar-refractivity contribution in [1.82, 2.24) is 15.3 Å². The van der Waals surface area contributed by atoms with Gasteiger partial charge in [-0.25, -0.2) is 14.8 Å². The number of nitrogens with zero attached hydrogens (tertiary/aromatic N) is 2. The van der Waals surface area contributed by atoms with E-state index >= 15 is 0 Å². The van der Waals surface area contributed by atoms with E-state index in [2.05, 4.69) is 20.6 Å². The van der Waals surface area contributed by atoms with Gasteiger partial charge in [0.25, 0.3) is 0 Å². The van der Waals surface area contributed by atoms with E-state index in [9.17, 15) is 4.79 Å². The Morgan fingerprint density at radius 3 is 2.92 bits per heavy atom. The summed E-state index contributed by atoms with van der Waals surface area (Å²) in [6.45, 7) is 4.56. The molecule has 1 saturated heterocycles. The SMILES string of the molecule is COCCOC(=O)c1sc2ncnc(NC3CCNCC3)c2c1C. The van der Waals surface area contributed by atoms with Crippen LogP contribution in [0.15, 0.2) is 6.33 Å². The third-order valence-corrected chi connectivity index (χ3v) is 5.29. The maximum atomic E-state index is 12.3. The molecule has 0 spiro atoms. The first-order chi connectivity index (χ1) is 11.7. The van der Waals surface area contributed by atoms with Crippen molar-refractivity contribution < 1.29 is 14.3 Å². The molecule has 24 heavy (non-hydrogen) atoms. The summed E-state index contributed by atoms with van der Waals surface area (Å²) in [5.74, 6) is 0.469. The normalized spacial score (nSPS) is 15.6. The molecule has 7 nitrogen and oxygen atoms in total. The Bertz CT molecular complexity index is 713. The highest BCUT2D eigenvalue weighted by atomic mass is 32.1. The van der Waals surface area contributed by atoms with Gasteiger partial charge in [0.05, 0.1) is 12.0 Å².